The van der Waals surface area contributed by atoms with Crippen LogP contribution >= 0.6 is 0 Å². The van der Waals surface area contributed by atoms with Crippen molar-refractivity contribution in [3.05, 3.63) is 60.2 Å². The number of nitrogens with zero attached hydrogens (tertiary/aromatic N) is 1. The van der Waals surface area contributed by atoms with Crippen molar-refractivity contribution in [1.29, 1.82) is 0 Å². The second-order valence-electron chi connectivity index (χ2n) is 7.04. The first-order chi connectivity index (χ1) is 12.9. The van der Waals surface area contributed by atoms with Gasteiger partial charge in [-0.25, -0.2) is 4.90 Å². The highest BCUT2D eigenvalue weighted by Crippen LogP contribution is 2.50. The van der Waals surface area contributed by atoms with Crippen LogP contribution in [0.2, 0.25) is 0 Å². The molecule has 4 atom stereocenters. The molecule has 27 heavy (non-hydrogen) atoms. The van der Waals surface area contributed by atoms with E-state index in [-0.39, 0.29) is 5.75 Å². The van der Waals surface area contributed by atoms with Crippen molar-refractivity contribution in [2.24, 2.45) is 11.8 Å². The molecule has 2 heterocycles. The van der Waals surface area contributed by atoms with Crippen molar-refractivity contribution in [2.75, 3.05) is 4.90 Å². The SMILES string of the molecule is C[C@]1(C(=O)O)N[C@H](c2ccccc2O)[C@H]2C(=O)N(c3ccccc3)C(=O)[C@@H]21. The third-order valence-electron chi connectivity index (χ3n) is 5.52. The first kappa shape index (κ1) is 17.2. The summed E-state index contributed by atoms with van der Waals surface area (Å²) in [7, 11) is 0. The molecule has 0 radical (unpaired) electrons. The number of carboxylic acids is 1. The summed E-state index contributed by atoms with van der Waals surface area (Å²) in [6.45, 7) is 1.41. The molecule has 4 rings (SSSR count). The lowest BCUT2D eigenvalue weighted by atomic mass is 9.80. The van der Waals surface area contributed by atoms with Crippen LogP contribution in [-0.4, -0.2) is 33.5 Å². The maximum atomic E-state index is 13.2. The summed E-state index contributed by atoms with van der Waals surface area (Å²) < 4.78 is 0. The fourth-order valence-electron chi connectivity index (χ4n) is 4.18. The van der Waals surface area contributed by atoms with Gasteiger partial charge in [0.1, 0.15) is 11.3 Å². The minimum atomic E-state index is -1.63. The Kier molecular flexibility index (Phi) is 3.78. The third kappa shape index (κ3) is 2.35. The van der Waals surface area contributed by atoms with Gasteiger partial charge in [-0.15, -0.1) is 0 Å². The Balaban J connectivity index is 1.85. The fraction of sp³-hybridized carbons (Fsp3) is 0.250. The van der Waals surface area contributed by atoms with Crippen molar-refractivity contribution in [2.45, 2.75) is 18.5 Å². The first-order valence-electron chi connectivity index (χ1n) is 8.58. The molecule has 2 fully saturated rings. The second kappa shape index (κ2) is 5.92. The first-order valence-corrected chi connectivity index (χ1v) is 8.58. The number of benzene rings is 2. The smallest absolute Gasteiger partial charge is 0.324 e. The Morgan fingerprint density at radius 3 is 2.30 bits per heavy atom. The van der Waals surface area contributed by atoms with Crippen molar-refractivity contribution in [3.63, 3.8) is 0 Å². The zero-order chi connectivity index (χ0) is 19.3. The number of aromatic hydroxyl groups is 1. The van der Waals surface area contributed by atoms with Gasteiger partial charge >= 0.3 is 5.97 Å². The van der Waals surface area contributed by atoms with Crippen LogP contribution in [0.1, 0.15) is 18.5 Å². The third-order valence-corrected chi connectivity index (χ3v) is 5.52. The molecule has 0 bridgehead atoms. The number of amides is 2. The van der Waals surface area contributed by atoms with Crippen molar-refractivity contribution < 1.29 is 24.6 Å². The summed E-state index contributed by atoms with van der Waals surface area (Å²) >= 11 is 0. The van der Waals surface area contributed by atoms with Gasteiger partial charge in [0, 0.05) is 11.6 Å². The Morgan fingerprint density at radius 2 is 1.67 bits per heavy atom. The number of carbonyl (C=O) groups excluding carboxylic acids is 2. The molecule has 0 saturated carbocycles. The van der Waals surface area contributed by atoms with Gasteiger partial charge in [-0.3, -0.25) is 19.7 Å². The van der Waals surface area contributed by atoms with Crippen LogP contribution in [0.5, 0.6) is 5.75 Å². The Labute approximate surface area is 155 Å². The molecule has 3 N–H and O–H groups in total. The normalized spacial score (nSPS) is 29.8. The number of imide groups is 1. The number of carboxylic acid groups (broad SMARTS) is 1. The van der Waals surface area contributed by atoms with Crippen LogP contribution in [0.3, 0.4) is 0 Å². The Morgan fingerprint density at radius 1 is 1.04 bits per heavy atom. The van der Waals surface area contributed by atoms with Crippen molar-refractivity contribution in [1.82, 2.24) is 5.32 Å². The van der Waals surface area contributed by atoms with E-state index in [0.717, 1.165) is 4.90 Å². The zero-order valence-electron chi connectivity index (χ0n) is 14.5. The van der Waals surface area contributed by atoms with Crippen molar-refractivity contribution in [3.8, 4) is 5.75 Å². The minimum Gasteiger partial charge on any atom is -0.508 e. The molecule has 2 amide bonds. The Bertz CT molecular complexity index is 944. The number of phenols is 1. The summed E-state index contributed by atoms with van der Waals surface area (Å²) in [5.41, 5.74) is -0.826. The molecular formula is C20H18N2O5. The lowest BCUT2D eigenvalue weighted by Crippen LogP contribution is -2.53. The highest BCUT2D eigenvalue weighted by atomic mass is 16.4. The molecule has 0 aromatic heterocycles. The molecule has 2 aliphatic rings. The van der Waals surface area contributed by atoms with E-state index in [1.165, 1.54) is 13.0 Å². The van der Waals surface area contributed by atoms with Gasteiger partial charge in [-0.05, 0) is 25.1 Å². The molecule has 7 nitrogen and oxygen atoms in total. The molecule has 2 aliphatic heterocycles. The van der Waals surface area contributed by atoms with Crippen LogP contribution < -0.4 is 10.2 Å². The van der Waals surface area contributed by atoms with Gasteiger partial charge in [0.25, 0.3) is 0 Å². The minimum absolute atomic E-state index is 0.0539. The highest BCUT2D eigenvalue weighted by molar-refractivity contribution is 6.24. The van der Waals surface area contributed by atoms with E-state index in [2.05, 4.69) is 5.32 Å². The number of nitrogens with one attached hydrogen (secondary N) is 1. The number of aliphatic carboxylic acids is 1. The van der Waals surface area contributed by atoms with E-state index in [1.54, 1.807) is 48.5 Å². The molecular weight excluding hydrogens is 348 g/mol. The monoisotopic (exact) mass is 366 g/mol. The van der Waals surface area contributed by atoms with E-state index in [1.807, 2.05) is 0 Å². The molecule has 0 spiro atoms. The summed E-state index contributed by atoms with van der Waals surface area (Å²) in [4.78, 5) is 39.4. The number of hydrogen-bond acceptors (Lipinski definition) is 5. The number of para-hydroxylation sites is 2. The molecule has 7 heteroatoms. The van der Waals surface area contributed by atoms with E-state index in [4.69, 9.17) is 0 Å². The average molecular weight is 366 g/mol. The second-order valence-corrected chi connectivity index (χ2v) is 7.04. The molecule has 0 unspecified atom stereocenters. The van der Waals surface area contributed by atoms with Crippen LogP contribution in [0.25, 0.3) is 0 Å². The van der Waals surface area contributed by atoms with Gasteiger partial charge < -0.3 is 10.2 Å². The van der Waals surface area contributed by atoms with Crippen LogP contribution in [-0.2, 0) is 14.4 Å². The molecule has 2 aromatic carbocycles. The quantitative estimate of drug-likeness (QED) is 0.714. The molecule has 138 valence electrons. The summed E-state index contributed by atoms with van der Waals surface area (Å²) in [5.74, 6) is -4.29. The fourth-order valence-corrected chi connectivity index (χ4v) is 4.18. The maximum Gasteiger partial charge on any atom is 0.324 e. The molecule has 2 saturated heterocycles. The van der Waals surface area contributed by atoms with Gasteiger partial charge in [-0.1, -0.05) is 36.4 Å². The summed E-state index contributed by atoms with van der Waals surface area (Å²) in [6, 6.07) is 14.1. The number of carbonyl (C=O) groups is 3. The van der Waals surface area contributed by atoms with E-state index < -0.39 is 41.2 Å². The number of phenolic OH excluding ortho intramolecular Hbond substituents is 1. The average Bonchev–Trinajstić information content (AvgIpc) is 3.11. The van der Waals surface area contributed by atoms with Crippen LogP contribution in [0, 0.1) is 11.8 Å². The predicted octanol–water partition coefficient (Wildman–Crippen LogP) is 1.69. The van der Waals surface area contributed by atoms with E-state index >= 15 is 0 Å². The lowest BCUT2D eigenvalue weighted by molar-refractivity contribution is -0.147. The lowest BCUT2D eigenvalue weighted by Gasteiger charge is -2.27. The highest BCUT2D eigenvalue weighted by Gasteiger charge is 2.67. The topological polar surface area (TPSA) is 107 Å². The predicted molar refractivity (Wildman–Crippen MR) is 95.9 cm³/mol. The zero-order valence-corrected chi connectivity index (χ0v) is 14.5. The number of fused-ring (bicyclic) bond motifs is 1. The van der Waals surface area contributed by atoms with Gasteiger partial charge in [0.05, 0.1) is 17.5 Å². The van der Waals surface area contributed by atoms with Gasteiger partial charge in [-0.2, -0.15) is 0 Å². The molecule has 0 aliphatic carbocycles. The summed E-state index contributed by atoms with van der Waals surface area (Å²) in [5, 5.41) is 23.0. The standard InChI is InChI=1S/C20H18N2O5/c1-20(19(26)27)15-14(16(21-20)12-9-5-6-10-13(12)23)17(24)22(18(15)25)11-7-3-2-4-8-11/h2-10,14-16,21,23H,1H3,(H,26,27)/t14-,15+,16+,20-/m0/s1. The van der Waals surface area contributed by atoms with Crippen LogP contribution in [0.15, 0.2) is 54.6 Å². The number of hydrogen-bond donors (Lipinski definition) is 3. The summed E-state index contributed by atoms with van der Waals surface area (Å²) in [6.07, 6.45) is 0. The van der Waals surface area contributed by atoms with E-state index in [0.29, 0.717) is 11.3 Å². The van der Waals surface area contributed by atoms with Gasteiger partial charge in [0.15, 0.2) is 0 Å². The largest absolute Gasteiger partial charge is 0.508 e. The van der Waals surface area contributed by atoms with E-state index in [9.17, 15) is 24.6 Å². The molecule has 2 aromatic rings. The van der Waals surface area contributed by atoms with Crippen LogP contribution in [0.4, 0.5) is 5.69 Å². The van der Waals surface area contributed by atoms with Crippen molar-refractivity contribution >= 4 is 23.5 Å². The van der Waals surface area contributed by atoms with Gasteiger partial charge in [0.2, 0.25) is 11.8 Å². The number of rotatable bonds is 3. The maximum absolute atomic E-state index is 13.2. The number of anilines is 1. The Hall–Kier alpha value is -3.19.